The smallest absolute Gasteiger partial charge is 0.263 e. The first-order valence-corrected chi connectivity index (χ1v) is 9.60. The van der Waals surface area contributed by atoms with Crippen LogP contribution in [0.1, 0.15) is 5.56 Å². The van der Waals surface area contributed by atoms with Crippen LogP contribution in [0.4, 0.5) is 0 Å². The highest BCUT2D eigenvalue weighted by molar-refractivity contribution is 7.22. The number of hydrogen-bond donors (Lipinski definition) is 0. The van der Waals surface area contributed by atoms with E-state index in [2.05, 4.69) is 31.2 Å². The summed E-state index contributed by atoms with van der Waals surface area (Å²) in [6.45, 7) is 2.09. The van der Waals surface area contributed by atoms with Crippen LogP contribution >= 0.6 is 11.3 Å². The summed E-state index contributed by atoms with van der Waals surface area (Å²) < 4.78 is 8.29. The topological polar surface area (TPSA) is 31.2 Å². The van der Waals surface area contributed by atoms with Crippen LogP contribution in [0.5, 0.6) is 5.75 Å². The summed E-state index contributed by atoms with van der Waals surface area (Å²) >= 11 is 1.70. The maximum atomic E-state index is 13.2. The van der Waals surface area contributed by atoms with Gasteiger partial charge in [0.1, 0.15) is 5.75 Å². The van der Waals surface area contributed by atoms with E-state index in [0.717, 1.165) is 42.9 Å². The van der Waals surface area contributed by atoms with Crippen LogP contribution in [-0.2, 0) is 0 Å². The molecule has 0 bridgehead atoms. The molecule has 3 aromatic carbocycles. The number of hydrogen-bond acceptors (Lipinski definition) is 3. The predicted molar refractivity (Wildman–Crippen MR) is 113 cm³/mol. The van der Waals surface area contributed by atoms with Crippen molar-refractivity contribution in [1.29, 1.82) is 0 Å². The van der Waals surface area contributed by atoms with Crippen LogP contribution in [0.3, 0.4) is 0 Å². The number of benzene rings is 3. The molecule has 3 nitrogen and oxygen atoms in total. The number of aromatic nitrogens is 1. The molecule has 2 aliphatic heterocycles. The molecule has 27 heavy (non-hydrogen) atoms. The molecule has 0 atom stereocenters. The van der Waals surface area contributed by atoms with Crippen LogP contribution in [0.2, 0.25) is 0 Å². The standard InChI is InChI=1S/C23H17NO2S/c1-14-6-5-7-15(12-14)22-21-17-8-3-4-9-18(17)23(25)24(21)19-11-10-16(26-2)13-20(19)27-22/h3-13H,1-2H3. The first-order chi connectivity index (χ1) is 13.2. The average molecular weight is 371 g/mol. The Bertz CT molecular complexity index is 1350. The maximum absolute atomic E-state index is 13.2. The third-order valence-electron chi connectivity index (χ3n) is 4.95. The molecule has 4 heteroatoms. The number of ether oxygens (including phenoxy) is 1. The van der Waals surface area contributed by atoms with Gasteiger partial charge in [-0.25, -0.2) is 0 Å². The summed E-state index contributed by atoms with van der Waals surface area (Å²) in [5.41, 5.74) is 4.23. The molecular formula is C23H17NO2S. The molecule has 0 fully saturated rings. The Labute approximate surface area is 160 Å². The number of nitrogens with zero attached hydrogens (tertiary/aromatic N) is 1. The molecule has 2 heterocycles. The summed E-state index contributed by atoms with van der Waals surface area (Å²) in [5.74, 6) is 0.789. The normalized spacial score (nSPS) is 11.5. The number of aryl methyl sites for hydroxylation is 1. The molecule has 0 spiro atoms. The fraction of sp³-hybridized carbons (Fsp3) is 0.0870. The molecule has 3 aromatic rings. The van der Waals surface area contributed by atoms with Gasteiger partial charge in [0.25, 0.3) is 5.56 Å². The van der Waals surface area contributed by atoms with E-state index in [1.165, 1.54) is 5.56 Å². The van der Waals surface area contributed by atoms with E-state index in [-0.39, 0.29) is 5.56 Å². The summed E-state index contributed by atoms with van der Waals surface area (Å²) in [6, 6.07) is 22.2. The van der Waals surface area contributed by atoms with Crippen molar-refractivity contribution in [3.63, 3.8) is 0 Å². The van der Waals surface area contributed by atoms with Gasteiger partial charge < -0.3 is 4.74 Å². The van der Waals surface area contributed by atoms with Crippen molar-refractivity contribution < 1.29 is 4.74 Å². The van der Waals surface area contributed by atoms with Crippen molar-refractivity contribution in [1.82, 2.24) is 4.57 Å². The van der Waals surface area contributed by atoms with Gasteiger partial charge in [-0.05, 0) is 36.8 Å². The van der Waals surface area contributed by atoms with E-state index in [0.29, 0.717) is 0 Å². The first kappa shape index (κ1) is 16.1. The lowest BCUT2D eigenvalue weighted by Crippen LogP contribution is -2.13. The monoisotopic (exact) mass is 371 g/mol. The second-order valence-electron chi connectivity index (χ2n) is 6.67. The van der Waals surface area contributed by atoms with Crippen LogP contribution < -0.4 is 10.3 Å². The van der Waals surface area contributed by atoms with Crippen LogP contribution in [0.25, 0.3) is 37.1 Å². The second-order valence-corrected chi connectivity index (χ2v) is 7.72. The molecule has 2 aliphatic rings. The minimum absolute atomic E-state index is 0.0254. The van der Waals surface area contributed by atoms with Gasteiger partial charge in [-0.15, -0.1) is 11.3 Å². The zero-order valence-corrected chi connectivity index (χ0v) is 15.8. The third kappa shape index (κ3) is 2.37. The van der Waals surface area contributed by atoms with E-state index in [9.17, 15) is 4.79 Å². The molecule has 0 N–H and O–H groups in total. The molecule has 5 rings (SSSR count). The molecule has 0 unspecified atom stereocenters. The highest BCUT2D eigenvalue weighted by atomic mass is 32.1. The Hall–Kier alpha value is -3.11. The van der Waals surface area contributed by atoms with E-state index in [1.807, 2.05) is 47.0 Å². The lowest BCUT2D eigenvalue weighted by atomic mass is 10.1. The number of fused-ring (bicyclic) bond motifs is 5. The Morgan fingerprint density at radius 1 is 0.926 bits per heavy atom. The highest BCUT2D eigenvalue weighted by Gasteiger charge is 2.22. The molecule has 0 radical (unpaired) electrons. The summed E-state index contributed by atoms with van der Waals surface area (Å²) in [5, 5.41) is 1.75. The fourth-order valence-corrected chi connectivity index (χ4v) is 4.90. The largest absolute Gasteiger partial charge is 0.497 e. The van der Waals surface area contributed by atoms with Crippen molar-refractivity contribution in [2.75, 3.05) is 7.11 Å². The average Bonchev–Trinajstić information content (AvgIpc) is 3.00. The Morgan fingerprint density at radius 2 is 1.74 bits per heavy atom. The lowest BCUT2D eigenvalue weighted by molar-refractivity contribution is 0.415. The van der Waals surface area contributed by atoms with Crippen molar-refractivity contribution in [3.8, 4) is 21.9 Å². The van der Waals surface area contributed by atoms with Gasteiger partial charge >= 0.3 is 0 Å². The van der Waals surface area contributed by atoms with Crippen LogP contribution in [0.15, 0.2) is 71.5 Å². The van der Waals surface area contributed by atoms with E-state index >= 15 is 0 Å². The maximum Gasteiger partial charge on any atom is 0.263 e. The quantitative estimate of drug-likeness (QED) is 0.403. The summed E-state index contributed by atoms with van der Waals surface area (Å²) in [4.78, 5) is 14.3. The molecule has 0 saturated carbocycles. The van der Waals surface area contributed by atoms with Gasteiger partial charge in [-0.1, -0.05) is 48.0 Å². The Morgan fingerprint density at radius 3 is 2.52 bits per heavy atom. The number of rotatable bonds is 2. The third-order valence-corrected chi connectivity index (χ3v) is 6.13. The molecule has 132 valence electrons. The van der Waals surface area contributed by atoms with Gasteiger partial charge in [0, 0.05) is 10.8 Å². The van der Waals surface area contributed by atoms with Crippen molar-refractivity contribution in [2.24, 2.45) is 0 Å². The molecular weight excluding hydrogens is 354 g/mol. The van der Waals surface area contributed by atoms with Crippen LogP contribution in [-0.4, -0.2) is 11.7 Å². The van der Waals surface area contributed by atoms with Crippen molar-refractivity contribution in [3.05, 3.63) is 82.6 Å². The van der Waals surface area contributed by atoms with Gasteiger partial charge in [-0.3, -0.25) is 9.36 Å². The Balaban J connectivity index is 2.02. The van der Waals surface area contributed by atoms with Crippen molar-refractivity contribution in [2.45, 2.75) is 6.92 Å². The number of methoxy groups -OCH3 is 1. The Kier molecular flexibility index (Phi) is 3.55. The van der Waals surface area contributed by atoms with Gasteiger partial charge in [0.2, 0.25) is 0 Å². The highest BCUT2D eigenvalue weighted by Crippen LogP contribution is 2.41. The summed E-state index contributed by atoms with van der Waals surface area (Å²) in [7, 11) is 1.66. The molecule has 0 amide bonds. The van der Waals surface area contributed by atoms with Crippen molar-refractivity contribution >= 4 is 32.3 Å². The van der Waals surface area contributed by atoms with Gasteiger partial charge in [0.05, 0.1) is 27.9 Å². The van der Waals surface area contributed by atoms with Gasteiger partial charge in [0.15, 0.2) is 0 Å². The minimum atomic E-state index is 0.0254. The zero-order chi connectivity index (χ0) is 18.5. The zero-order valence-electron chi connectivity index (χ0n) is 15.0. The fourth-order valence-electron chi connectivity index (χ4n) is 3.70. The first-order valence-electron chi connectivity index (χ1n) is 8.78. The van der Waals surface area contributed by atoms with Crippen LogP contribution in [0, 0.1) is 6.92 Å². The predicted octanol–water partition coefficient (Wildman–Crippen LogP) is 5.63. The van der Waals surface area contributed by atoms with E-state index < -0.39 is 0 Å². The second kappa shape index (κ2) is 5.96. The SMILES string of the molecule is COc1ccc2c(c1)sc(-c1cccc(C)c1)c1c3ccccc3c(=O)n2-1. The molecule has 0 aromatic heterocycles. The van der Waals surface area contributed by atoms with Gasteiger partial charge in [-0.2, -0.15) is 0 Å². The molecule has 0 saturated heterocycles. The summed E-state index contributed by atoms with van der Waals surface area (Å²) in [6.07, 6.45) is 0. The van der Waals surface area contributed by atoms with E-state index in [4.69, 9.17) is 4.74 Å². The minimum Gasteiger partial charge on any atom is -0.497 e. The van der Waals surface area contributed by atoms with E-state index in [1.54, 1.807) is 18.4 Å². The lowest BCUT2D eigenvalue weighted by Gasteiger charge is -2.15. The molecule has 0 aliphatic carbocycles.